The molecule has 0 unspecified atom stereocenters. The molecule has 0 atom stereocenters. The summed E-state index contributed by atoms with van der Waals surface area (Å²) in [4.78, 5) is 24.2. The van der Waals surface area contributed by atoms with E-state index < -0.39 is 0 Å². The molecule has 0 radical (unpaired) electrons. The molecule has 0 spiro atoms. The second-order valence-electron chi connectivity index (χ2n) is 6.38. The molecule has 0 bridgehead atoms. The summed E-state index contributed by atoms with van der Waals surface area (Å²) < 4.78 is 5.27. The third-order valence-electron chi connectivity index (χ3n) is 4.29. The highest BCUT2D eigenvalue weighted by Crippen LogP contribution is 2.18. The number of rotatable bonds is 7. The van der Waals surface area contributed by atoms with Crippen LogP contribution >= 0.6 is 0 Å². The maximum absolute atomic E-state index is 12.3. The predicted molar refractivity (Wildman–Crippen MR) is 110 cm³/mol. The van der Waals surface area contributed by atoms with Gasteiger partial charge in [0.05, 0.1) is 11.4 Å². The largest absolute Gasteiger partial charge is 0.461 e. The third kappa shape index (κ3) is 5.45. The number of carbonyl (C=O) groups is 2. The maximum Gasteiger partial charge on any atom is 0.306 e. The number of anilines is 2. The molecule has 0 heterocycles. The zero-order valence-electron chi connectivity index (χ0n) is 15.4. The summed E-state index contributed by atoms with van der Waals surface area (Å²) in [6.45, 7) is 0.279. The molecule has 3 aromatic carbocycles. The minimum atomic E-state index is -0.245. The zero-order chi connectivity index (χ0) is 19.8. The number of aryl methyl sites for hydroxylation is 1. The predicted octanol–water partition coefficient (Wildman–Crippen LogP) is 4.20. The summed E-state index contributed by atoms with van der Waals surface area (Å²) in [7, 11) is 0. The molecular weight excluding hydrogens is 352 g/mol. The number of hydrogen-bond acceptors (Lipinski definition) is 4. The molecule has 3 aromatic rings. The Morgan fingerprint density at radius 1 is 0.821 bits per heavy atom. The minimum Gasteiger partial charge on any atom is -0.461 e. The highest BCUT2D eigenvalue weighted by atomic mass is 16.5. The highest BCUT2D eigenvalue weighted by molar-refractivity contribution is 6.05. The Morgan fingerprint density at radius 3 is 2.21 bits per heavy atom. The van der Waals surface area contributed by atoms with Crippen LogP contribution < -0.4 is 11.1 Å². The number of benzene rings is 3. The van der Waals surface area contributed by atoms with E-state index in [1.165, 1.54) is 0 Å². The van der Waals surface area contributed by atoms with Gasteiger partial charge in [-0.15, -0.1) is 0 Å². The van der Waals surface area contributed by atoms with Crippen molar-refractivity contribution in [3.8, 4) is 0 Å². The zero-order valence-corrected chi connectivity index (χ0v) is 15.4. The van der Waals surface area contributed by atoms with Gasteiger partial charge in [-0.2, -0.15) is 0 Å². The summed E-state index contributed by atoms with van der Waals surface area (Å²) in [5.74, 6) is -0.475. The average Bonchev–Trinajstić information content (AvgIpc) is 2.73. The van der Waals surface area contributed by atoms with E-state index in [2.05, 4.69) is 5.32 Å². The standard InChI is InChI=1S/C23H22N2O3/c24-20-8-4-5-9-21(20)25-23(27)19-13-10-17(11-14-19)12-15-22(26)28-16-18-6-2-1-3-7-18/h1-11,13-14H,12,15-16,24H2,(H,25,27). The van der Waals surface area contributed by atoms with E-state index in [9.17, 15) is 9.59 Å². The molecule has 3 rings (SSSR count). The number of carbonyl (C=O) groups excluding carboxylic acids is 2. The first-order valence-electron chi connectivity index (χ1n) is 9.06. The Bertz CT molecular complexity index is 938. The van der Waals surface area contributed by atoms with Gasteiger partial charge >= 0.3 is 5.97 Å². The fourth-order valence-electron chi connectivity index (χ4n) is 2.68. The van der Waals surface area contributed by atoms with Gasteiger partial charge in [0, 0.05) is 12.0 Å². The Hall–Kier alpha value is -3.60. The molecule has 5 heteroatoms. The average molecular weight is 374 g/mol. The van der Waals surface area contributed by atoms with Gasteiger partial charge in [-0.1, -0.05) is 54.6 Å². The van der Waals surface area contributed by atoms with E-state index in [-0.39, 0.29) is 18.5 Å². The van der Waals surface area contributed by atoms with E-state index >= 15 is 0 Å². The molecule has 0 saturated heterocycles. The molecular formula is C23H22N2O3. The number of para-hydroxylation sites is 2. The van der Waals surface area contributed by atoms with Crippen molar-refractivity contribution >= 4 is 23.3 Å². The SMILES string of the molecule is Nc1ccccc1NC(=O)c1ccc(CCC(=O)OCc2ccccc2)cc1. The van der Waals surface area contributed by atoms with Gasteiger partial charge in [-0.25, -0.2) is 0 Å². The van der Waals surface area contributed by atoms with Gasteiger partial charge in [0.15, 0.2) is 0 Å². The van der Waals surface area contributed by atoms with Crippen LogP contribution in [0.15, 0.2) is 78.9 Å². The molecule has 142 valence electrons. The minimum absolute atomic E-state index is 0.230. The molecule has 0 aromatic heterocycles. The van der Waals surface area contributed by atoms with Crippen LogP contribution in [0.3, 0.4) is 0 Å². The second-order valence-corrected chi connectivity index (χ2v) is 6.38. The third-order valence-corrected chi connectivity index (χ3v) is 4.29. The molecule has 3 N–H and O–H groups in total. The van der Waals surface area contributed by atoms with Crippen LogP contribution in [0.2, 0.25) is 0 Å². The molecule has 0 saturated carbocycles. The number of nitrogens with one attached hydrogen (secondary N) is 1. The first-order chi connectivity index (χ1) is 13.6. The fraction of sp³-hybridized carbons (Fsp3) is 0.130. The summed E-state index contributed by atoms with van der Waals surface area (Å²) in [5, 5.41) is 2.79. The Balaban J connectivity index is 1.48. The van der Waals surface area contributed by atoms with Crippen LogP contribution in [-0.2, 0) is 22.6 Å². The van der Waals surface area contributed by atoms with Crippen molar-refractivity contribution in [3.63, 3.8) is 0 Å². The van der Waals surface area contributed by atoms with Crippen molar-refractivity contribution in [3.05, 3.63) is 95.6 Å². The van der Waals surface area contributed by atoms with Gasteiger partial charge < -0.3 is 15.8 Å². The number of ether oxygens (including phenoxy) is 1. The lowest BCUT2D eigenvalue weighted by Gasteiger charge is -2.08. The van der Waals surface area contributed by atoms with Crippen LogP contribution in [0.5, 0.6) is 0 Å². The fourth-order valence-corrected chi connectivity index (χ4v) is 2.68. The van der Waals surface area contributed by atoms with Crippen LogP contribution in [0.4, 0.5) is 11.4 Å². The van der Waals surface area contributed by atoms with E-state index in [1.807, 2.05) is 54.6 Å². The van der Waals surface area contributed by atoms with Crippen molar-refractivity contribution < 1.29 is 14.3 Å². The number of hydrogen-bond donors (Lipinski definition) is 2. The summed E-state index contributed by atoms with van der Waals surface area (Å²) >= 11 is 0. The molecule has 0 aliphatic rings. The second kappa shape index (κ2) is 9.37. The van der Waals surface area contributed by atoms with Crippen LogP contribution in [0.25, 0.3) is 0 Å². The van der Waals surface area contributed by atoms with Gasteiger partial charge in [0.25, 0.3) is 5.91 Å². The summed E-state index contributed by atoms with van der Waals surface area (Å²) in [6, 6.07) is 23.8. The number of esters is 1. The number of nitrogens with two attached hydrogens (primary N) is 1. The molecule has 5 nitrogen and oxygen atoms in total. The van der Waals surface area contributed by atoms with E-state index in [0.29, 0.717) is 29.8 Å². The lowest BCUT2D eigenvalue weighted by Crippen LogP contribution is -2.13. The van der Waals surface area contributed by atoms with Crippen molar-refractivity contribution in [2.75, 3.05) is 11.1 Å². The lowest BCUT2D eigenvalue weighted by atomic mass is 10.1. The van der Waals surface area contributed by atoms with Crippen molar-refractivity contribution in [1.29, 1.82) is 0 Å². The normalized spacial score (nSPS) is 10.3. The van der Waals surface area contributed by atoms with Crippen LogP contribution in [-0.4, -0.2) is 11.9 Å². The first-order valence-corrected chi connectivity index (χ1v) is 9.06. The topological polar surface area (TPSA) is 81.4 Å². The lowest BCUT2D eigenvalue weighted by molar-refractivity contribution is -0.144. The highest BCUT2D eigenvalue weighted by Gasteiger charge is 2.09. The van der Waals surface area contributed by atoms with Crippen molar-refractivity contribution in [1.82, 2.24) is 0 Å². The van der Waals surface area contributed by atoms with E-state index in [1.54, 1.807) is 24.3 Å². The smallest absolute Gasteiger partial charge is 0.306 e. The number of amides is 1. The van der Waals surface area contributed by atoms with Gasteiger partial charge in [0.1, 0.15) is 6.61 Å². The maximum atomic E-state index is 12.3. The van der Waals surface area contributed by atoms with Gasteiger partial charge in [-0.05, 0) is 41.8 Å². The van der Waals surface area contributed by atoms with Gasteiger partial charge in [0.2, 0.25) is 0 Å². The van der Waals surface area contributed by atoms with Crippen LogP contribution in [0, 0.1) is 0 Å². The first kappa shape index (κ1) is 19.2. The Kier molecular flexibility index (Phi) is 6.41. The molecule has 0 aliphatic heterocycles. The molecule has 1 amide bonds. The molecule has 0 aliphatic carbocycles. The summed E-state index contributed by atoms with van der Waals surface area (Å²) in [5.41, 5.74) is 9.39. The van der Waals surface area contributed by atoms with Crippen molar-refractivity contribution in [2.24, 2.45) is 0 Å². The number of nitrogen functional groups attached to an aromatic ring is 1. The molecule has 0 fully saturated rings. The van der Waals surface area contributed by atoms with E-state index in [0.717, 1.165) is 11.1 Å². The Labute approximate surface area is 164 Å². The Morgan fingerprint density at radius 2 is 1.50 bits per heavy atom. The summed E-state index contributed by atoms with van der Waals surface area (Å²) in [6.07, 6.45) is 0.847. The molecule has 28 heavy (non-hydrogen) atoms. The monoisotopic (exact) mass is 374 g/mol. The van der Waals surface area contributed by atoms with Crippen LogP contribution in [0.1, 0.15) is 27.9 Å². The quantitative estimate of drug-likeness (QED) is 0.480. The van der Waals surface area contributed by atoms with E-state index in [4.69, 9.17) is 10.5 Å². The van der Waals surface area contributed by atoms with Gasteiger partial charge in [-0.3, -0.25) is 9.59 Å². The van der Waals surface area contributed by atoms with Crippen molar-refractivity contribution in [2.45, 2.75) is 19.4 Å².